The van der Waals surface area contributed by atoms with Gasteiger partial charge >= 0.3 is 0 Å². The first-order valence-corrected chi connectivity index (χ1v) is 7.75. The van der Waals surface area contributed by atoms with Crippen LogP contribution in [0, 0.1) is 5.92 Å². The van der Waals surface area contributed by atoms with Crippen LogP contribution in [-0.2, 0) is 0 Å². The van der Waals surface area contributed by atoms with E-state index in [2.05, 4.69) is 28.2 Å². The Hall–Kier alpha value is -0.250. The molecule has 0 fully saturated rings. The minimum Gasteiger partial charge on any atom is -0.352 e. The van der Waals surface area contributed by atoms with E-state index in [9.17, 15) is 4.79 Å². The molecule has 1 rings (SSSR count). The number of hydrogen-bond acceptors (Lipinski definition) is 1. The molecule has 0 bridgehead atoms. The minimum absolute atomic E-state index is 0.110. The molecule has 1 atom stereocenters. The first-order chi connectivity index (χ1) is 8.58. The van der Waals surface area contributed by atoms with Gasteiger partial charge in [-0.25, -0.2) is 0 Å². The lowest BCUT2D eigenvalue weighted by atomic mass is 10.0. The van der Waals surface area contributed by atoms with E-state index in [0.717, 1.165) is 18.2 Å². The van der Waals surface area contributed by atoms with Gasteiger partial charge in [-0.15, -0.1) is 0 Å². The molecule has 1 N–H and O–H groups in total. The largest absolute Gasteiger partial charge is 0.352 e. The lowest BCUT2D eigenvalue weighted by molar-refractivity contribution is 0.0946. The molecule has 0 radical (unpaired) electrons. The summed E-state index contributed by atoms with van der Waals surface area (Å²) >= 11 is 15.1. The summed E-state index contributed by atoms with van der Waals surface area (Å²) in [5.41, 5.74) is 0.540. The maximum atomic E-state index is 11.9. The third kappa shape index (κ3) is 4.79. The zero-order valence-electron chi connectivity index (χ0n) is 10.2. The summed E-state index contributed by atoms with van der Waals surface area (Å²) in [5, 5.41) is 4.73. The van der Waals surface area contributed by atoms with Gasteiger partial charge in [0, 0.05) is 17.4 Å². The Morgan fingerprint density at radius 2 is 2.11 bits per heavy atom. The molecule has 0 aliphatic rings. The standard InChI is InChI=1S/C13H16BrCl2NO/c1-2-9(5-6-14)8-17-13(18)10-3-4-11(15)12(16)7-10/h3-4,7,9H,2,5-6,8H2,1H3,(H,17,18). The molecule has 1 aromatic rings. The maximum Gasteiger partial charge on any atom is 0.251 e. The SMILES string of the molecule is CCC(CCBr)CNC(=O)c1ccc(Cl)c(Cl)c1. The maximum absolute atomic E-state index is 11.9. The fourth-order valence-electron chi connectivity index (χ4n) is 1.58. The van der Waals surface area contributed by atoms with Crippen molar-refractivity contribution in [2.45, 2.75) is 19.8 Å². The number of alkyl halides is 1. The normalized spacial score (nSPS) is 12.2. The van der Waals surface area contributed by atoms with Crippen LogP contribution in [0.3, 0.4) is 0 Å². The Bertz CT molecular complexity index is 412. The van der Waals surface area contributed by atoms with Crippen molar-refractivity contribution in [3.63, 3.8) is 0 Å². The molecule has 0 aromatic heterocycles. The van der Waals surface area contributed by atoms with Gasteiger partial charge in [-0.2, -0.15) is 0 Å². The lowest BCUT2D eigenvalue weighted by Crippen LogP contribution is -2.29. The summed E-state index contributed by atoms with van der Waals surface area (Å²) < 4.78 is 0. The molecule has 0 aliphatic heterocycles. The number of nitrogens with one attached hydrogen (secondary N) is 1. The lowest BCUT2D eigenvalue weighted by Gasteiger charge is -2.14. The van der Waals surface area contributed by atoms with Gasteiger partial charge in [0.25, 0.3) is 5.91 Å². The monoisotopic (exact) mass is 351 g/mol. The molecule has 0 spiro atoms. The van der Waals surface area contributed by atoms with Gasteiger partial charge in [-0.1, -0.05) is 52.5 Å². The van der Waals surface area contributed by atoms with Crippen LogP contribution in [-0.4, -0.2) is 17.8 Å². The molecule has 0 saturated heterocycles. The van der Waals surface area contributed by atoms with E-state index in [1.807, 2.05) is 0 Å². The summed E-state index contributed by atoms with van der Waals surface area (Å²) in [7, 11) is 0. The van der Waals surface area contributed by atoms with Crippen molar-refractivity contribution in [3.8, 4) is 0 Å². The average Bonchev–Trinajstić information content (AvgIpc) is 2.37. The Balaban J connectivity index is 2.57. The highest BCUT2D eigenvalue weighted by Gasteiger charge is 2.10. The summed E-state index contributed by atoms with van der Waals surface area (Å²) in [6, 6.07) is 4.90. The van der Waals surface area contributed by atoms with Gasteiger partial charge in [0.15, 0.2) is 0 Å². The molecular formula is C13H16BrCl2NO. The molecule has 0 aliphatic carbocycles. The number of carbonyl (C=O) groups excluding carboxylic acids is 1. The summed E-state index contributed by atoms with van der Waals surface area (Å²) in [5.74, 6) is 0.387. The number of benzene rings is 1. The number of rotatable bonds is 6. The van der Waals surface area contributed by atoms with Crippen molar-refractivity contribution in [2.75, 3.05) is 11.9 Å². The second kappa shape index (κ2) is 8.03. The molecule has 1 amide bonds. The summed E-state index contributed by atoms with van der Waals surface area (Å²) in [6.07, 6.45) is 2.10. The van der Waals surface area contributed by atoms with E-state index in [1.54, 1.807) is 18.2 Å². The predicted molar refractivity (Wildman–Crippen MR) is 81.0 cm³/mol. The highest BCUT2D eigenvalue weighted by molar-refractivity contribution is 9.09. The fraction of sp³-hybridized carbons (Fsp3) is 0.462. The third-order valence-corrected chi connectivity index (χ3v) is 4.02. The average molecular weight is 353 g/mol. The number of halogens is 3. The predicted octanol–water partition coefficient (Wildman–Crippen LogP) is 4.53. The van der Waals surface area contributed by atoms with E-state index in [0.29, 0.717) is 28.1 Å². The molecule has 1 aromatic carbocycles. The van der Waals surface area contributed by atoms with E-state index < -0.39 is 0 Å². The van der Waals surface area contributed by atoms with Crippen LogP contribution in [0.25, 0.3) is 0 Å². The van der Waals surface area contributed by atoms with Gasteiger partial charge in [-0.3, -0.25) is 4.79 Å². The van der Waals surface area contributed by atoms with Crippen LogP contribution >= 0.6 is 39.1 Å². The van der Waals surface area contributed by atoms with Crippen LogP contribution in [0.4, 0.5) is 0 Å². The van der Waals surface area contributed by atoms with Crippen molar-refractivity contribution in [1.29, 1.82) is 0 Å². The van der Waals surface area contributed by atoms with Crippen LogP contribution in [0.15, 0.2) is 18.2 Å². The topological polar surface area (TPSA) is 29.1 Å². The van der Waals surface area contributed by atoms with Crippen LogP contribution in [0.2, 0.25) is 10.0 Å². The van der Waals surface area contributed by atoms with E-state index in [4.69, 9.17) is 23.2 Å². The van der Waals surface area contributed by atoms with E-state index in [1.165, 1.54) is 0 Å². The first kappa shape index (κ1) is 15.8. The quantitative estimate of drug-likeness (QED) is 0.748. The smallest absolute Gasteiger partial charge is 0.251 e. The summed E-state index contributed by atoms with van der Waals surface area (Å²) in [4.78, 5) is 11.9. The molecule has 18 heavy (non-hydrogen) atoms. The van der Waals surface area contributed by atoms with Gasteiger partial charge in [0.2, 0.25) is 0 Å². The van der Waals surface area contributed by atoms with Crippen LogP contribution in [0.1, 0.15) is 30.1 Å². The Morgan fingerprint density at radius 3 is 2.67 bits per heavy atom. The van der Waals surface area contributed by atoms with Gasteiger partial charge < -0.3 is 5.32 Å². The fourth-order valence-corrected chi connectivity index (χ4v) is 2.53. The molecule has 1 unspecified atom stereocenters. The second-order valence-electron chi connectivity index (χ2n) is 4.09. The highest BCUT2D eigenvalue weighted by atomic mass is 79.9. The number of amides is 1. The Morgan fingerprint density at radius 1 is 1.39 bits per heavy atom. The zero-order chi connectivity index (χ0) is 13.5. The molecule has 5 heteroatoms. The first-order valence-electron chi connectivity index (χ1n) is 5.87. The molecule has 2 nitrogen and oxygen atoms in total. The van der Waals surface area contributed by atoms with E-state index >= 15 is 0 Å². The molecule has 100 valence electrons. The van der Waals surface area contributed by atoms with Crippen molar-refractivity contribution in [2.24, 2.45) is 5.92 Å². The number of hydrogen-bond donors (Lipinski definition) is 1. The molecule has 0 saturated carbocycles. The van der Waals surface area contributed by atoms with Crippen molar-refractivity contribution in [1.82, 2.24) is 5.32 Å². The van der Waals surface area contributed by atoms with Crippen LogP contribution < -0.4 is 5.32 Å². The van der Waals surface area contributed by atoms with E-state index in [-0.39, 0.29) is 5.91 Å². The summed E-state index contributed by atoms with van der Waals surface area (Å²) in [6.45, 7) is 2.81. The Kier molecular flexibility index (Phi) is 7.05. The van der Waals surface area contributed by atoms with Crippen molar-refractivity contribution < 1.29 is 4.79 Å². The van der Waals surface area contributed by atoms with Gasteiger partial charge in [0.1, 0.15) is 0 Å². The van der Waals surface area contributed by atoms with Gasteiger partial charge in [-0.05, 0) is 30.5 Å². The van der Waals surface area contributed by atoms with Crippen LogP contribution in [0.5, 0.6) is 0 Å². The highest BCUT2D eigenvalue weighted by Crippen LogP contribution is 2.22. The molecular weight excluding hydrogens is 337 g/mol. The zero-order valence-corrected chi connectivity index (χ0v) is 13.3. The number of carbonyl (C=O) groups is 1. The van der Waals surface area contributed by atoms with Crippen molar-refractivity contribution >= 4 is 45.0 Å². The van der Waals surface area contributed by atoms with Gasteiger partial charge in [0.05, 0.1) is 10.0 Å². The molecule has 0 heterocycles. The van der Waals surface area contributed by atoms with Crippen molar-refractivity contribution in [3.05, 3.63) is 33.8 Å². The second-order valence-corrected chi connectivity index (χ2v) is 5.70. The third-order valence-electron chi connectivity index (χ3n) is 2.83. The Labute approximate surface area is 126 Å². The minimum atomic E-state index is -0.110.